The molecule has 0 aliphatic heterocycles. The van der Waals surface area contributed by atoms with E-state index < -0.39 is 0 Å². The Labute approximate surface area is 140 Å². The van der Waals surface area contributed by atoms with Crippen LogP contribution in [0.1, 0.15) is 42.5 Å². The zero-order chi connectivity index (χ0) is 15.9. The minimum atomic E-state index is -0.0107. The first-order chi connectivity index (χ1) is 10.7. The Kier molecular flexibility index (Phi) is 6.55. The van der Waals surface area contributed by atoms with Gasteiger partial charge in [-0.2, -0.15) is 0 Å². The van der Waals surface area contributed by atoms with E-state index in [2.05, 4.69) is 15.9 Å². The van der Waals surface area contributed by atoms with Gasteiger partial charge in [0.1, 0.15) is 0 Å². The van der Waals surface area contributed by atoms with Crippen molar-refractivity contribution in [3.63, 3.8) is 0 Å². The molecule has 122 valence electrons. The first kappa shape index (κ1) is 17.1. The second kappa shape index (κ2) is 8.42. The molecule has 0 unspecified atom stereocenters. The molecule has 0 N–H and O–H groups in total. The number of Topliss-reactive ketones (excluding diaryl/α,β-unsaturated/α-hetero) is 1. The Morgan fingerprint density at radius 2 is 1.82 bits per heavy atom. The summed E-state index contributed by atoms with van der Waals surface area (Å²) >= 11 is 3.20. The van der Waals surface area contributed by atoms with Crippen molar-refractivity contribution < 1.29 is 19.0 Å². The van der Waals surface area contributed by atoms with E-state index in [9.17, 15) is 4.79 Å². The molecule has 0 aromatic heterocycles. The standard InChI is InChI=1S/C17H23BrO4/c1-20-15-8-13(14(19)10-18)9-16(17(15)21-2)22-11-12-6-4-3-5-7-12/h8-9,12H,3-7,10-11H2,1-2H3. The van der Waals surface area contributed by atoms with Gasteiger partial charge in [0.05, 0.1) is 26.2 Å². The highest BCUT2D eigenvalue weighted by molar-refractivity contribution is 9.09. The lowest BCUT2D eigenvalue weighted by Crippen LogP contribution is -2.16. The third kappa shape index (κ3) is 4.15. The predicted molar refractivity (Wildman–Crippen MR) is 89.7 cm³/mol. The van der Waals surface area contributed by atoms with Crippen molar-refractivity contribution in [1.82, 2.24) is 0 Å². The number of hydrogen-bond acceptors (Lipinski definition) is 4. The molecule has 1 aliphatic rings. The number of alkyl halides is 1. The normalized spacial score (nSPS) is 15.4. The summed E-state index contributed by atoms with van der Waals surface area (Å²) in [6.07, 6.45) is 6.29. The lowest BCUT2D eigenvalue weighted by Gasteiger charge is -2.23. The molecule has 1 aromatic rings. The van der Waals surface area contributed by atoms with Gasteiger partial charge < -0.3 is 14.2 Å². The van der Waals surface area contributed by atoms with Gasteiger partial charge in [-0.25, -0.2) is 0 Å². The second-order valence-corrected chi connectivity index (χ2v) is 6.14. The van der Waals surface area contributed by atoms with Crippen LogP contribution in [-0.4, -0.2) is 31.9 Å². The summed E-state index contributed by atoms with van der Waals surface area (Å²) in [5.41, 5.74) is 0.563. The molecule has 1 fully saturated rings. The lowest BCUT2D eigenvalue weighted by molar-refractivity contribution is 0.102. The number of rotatable bonds is 7. The Hall–Kier alpha value is -1.23. The van der Waals surface area contributed by atoms with Gasteiger partial charge in [-0.15, -0.1) is 0 Å². The molecule has 1 aromatic carbocycles. The van der Waals surface area contributed by atoms with Crippen LogP contribution in [0, 0.1) is 5.92 Å². The molecule has 0 bridgehead atoms. The van der Waals surface area contributed by atoms with Crippen molar-refractivity contribution in [3.8, 4) is 17.2 Å². The van der Waals surface area contributed by atoms with E-state index >= 15 is 0 Å². The van der Waals surface area contributed by atoms with Crippen molar-refractivity contribution in [3.05, 3.63) is 17.7 Å². The van der Waals surface area contributed by atoms with Crippen molar-refractivity contribution in [2.75, 3.05) is 26.2 Å². The topological polar surface area (TPSA) is 44.8 Å². The largest absolute Gasteiger partial charge is 0.493 e. The zero-order valence-electron chi connectivity index (χ0n) is 13.2. The molecule has 22 heavy (non-hydrogen) atoms. The fraction of sp³-hybridized carbons (Fsp3) is 0.588. The number of ketones is 1. The molecule has 5 heteroatoms. The molecule has 0 atom stereocenters. The summed E-state index contributed by atoms with van der Waals surface area (Å²) in [6, 6.07) is 3.43. The van der Waals surface area contributed by atoms with Gasteiger partial charge in [-0.05, 0) is 30.9 Å². The summed E-state index contributed by atoms with van der Waals surface area (Å²) < 4.78 is 16.7. The molecule has 4 nitrogen and oxygen atoms in total. The Morgan fingerprint density at radius 3 is 2.41 bits per heavy atom. The van der Waals surface area contributed by atoms with Crippen LogP contribution in [0.2, 0.25) is 0 Å². The number of carbonyl (C=O) groups excluding carboxylic acids is 1. The molecule has 0 radical (unpaired) electrons. The predicted octanol–water partition coefficient (Wildman–Crippen LogP) is 4.24. The summed E-state index contributed by atoms with van der Waals surface area (Å²) in [7, 11) is 3.14. The number of carbonyl (C=O) groups is 1. The van der Waals surface area contributed by atoms with Crippen LogP contribution >= 0.6 is 15.9 Å². The van der Waals surface area contributed by atoms with Crippen molar-refractivity contribution in [2.24, 2.45) is 5.92 Å². The first-order valence-electron chi connectivity index (χ1n) is 7.67. The second-order valence-electron chi connectivity index (χ2n) is 5.58. The molecule has 0 heterocycles. The minimum absolute atomic E-state index is 0.0107. The van der Waals surface area contributed by atoms with Crippen LogP contribution in [0.5, 0.6) is 17.2 Å². The summed E-state index contributed by atoms with van der Waals surface area (Å²) in [4.78, 5) is 11.9. The maximum Gasteiger partial charge on any atom is 0.203 e. The van der Waals surface area contributed by atoms with Gasteiger partial charge in [-0.1, -0.05) is 35.2 Å². The van der Waals surface area contributed by atoms with E-state index in [1.54, 1.807) is 26.4 Å². The van der Waals surface area contributed by atoms with Gasteiger partial charge in [0.2, 0.25) is 5.75 Å². The molecule has 0 amide bonds. The summed E-state index contributed by atoms with van der Waals surface area (Å²) in [5, 5.41) is 0.268. The van der Waals surface area contributed by atoms with Crippen LogP contribution in [0.4, 0.5) is 0 Å². The van der Waals surface area contributed by atoms with Crippen LogP contribution in [-0.2, 0) is 0 Å². The van der Waals surface area contributed by atoms with Crippen LogP contribution in [0.25, 0.3) is 0 Å². The van der Waals surface area contributed by atoms with E-state index in [1.165, 1.54) is 32.1 Å². The van der Waals surface area contributed by atoms with Crippen molar-refractivity contribution >= 4 is 21.7 Å². The average molecular weight is 371 g/mol. The van der Waals surface area contributed by atoms with E-state index in [0.29, 0.717) is 35.3 Å². The zero-order valence-corrected chi connectivity index (χ0v) is 14.8. The number of halogens is 1. The molecule has 2 rings (SSSR count). The summed E-state index contributed by atoms with van der Waals surface area (Å²) in [6.45, 7) is 0.658. The molecule has 1 aliphatic carbocycles. The SMILES string of the molecule is COc1cc(C(=O)CBr)cc(OCC2CCCCC2)c1OC. The average Bonchev–Trinajstić information content (AvgIpc) is 2.59. The molecule has 0 spiro atoms. The highest BCUT2D eigenvalue weighted by Gasteiger charge is 2.19. The number of benzene rings is 1. The maximum atomic E-state index is 11.9. The Bertz CT molecular complexity index is 510. The molecular weight excluding hydrogens is 348 g/mol. The monoisotopic (exact) mass is 370 g/mol. The van der Waals surface area contributed by atoms with Crippen molar-refractivity contribution in [1.29, 1.82) is 0 Å². The smallest absolute Gasteiger partial charge is 0.203 e. The third-order valence-electron chi connectivity index (χ3n) is 4.09. The van der Waals surface area contributed by atoms with Crippen LogP contribution in [0.3, 0.4) is 0 Å². The van der Waals surface area contributed by atoms with Gasteiger partial charge in [0.15, 0.2) is 17.3 Å². The van der Waals surface area contributed by atoms with Gasteiger partial charge in [0.25, 0.3) is 0 Å². The molecular formula is C17H23BrO4. The highest BCUT2D eigenvalue weighted by atomic mass is 79.9. The molecule has 1 saturated carbocycles. The quantitative estimate of drug-likeness (QED) is 0.531. The van der Waals surface area contributed by atoms with E-state index in [0.717, 1.165) is 0 Å². The lowest BCUT2D eigenvalue weighted by atomic mass is 9.90. The Morgan fingerprint density at radius 1 is 1.14 bits per heavy atom. The van der Waals surface area contributed by atoms with E-state index in [-0.39, 0.29) is 11.1 Å². The van der Waals surface area contributed by atoms with Gasteiger partial charge in [0, 0.05) is 5.56 Å². The third-order valence-corrected chi connectivity index (χ3v) is 4.60. The van der Waals surface area contributed by atoms with E-state index in [4.69, 9.17) is 14.2 Å². The fourth-order valence-corrected chi connectivity index (χ4v) is 3.16. The van der Waals surface area contributed by atoms with Gasteiger partial charge in [-0.3, -0.25) is 4.79 Å². The van der Waals surface area contributed by atoms with Gasteiger partial charge >= 0.3 is 0 Å². The maximum absolute atomic E-state index is 11.9. The van der Waals surface area contributed by atoms with Crippen LogP contribution < -0.4 is 14.2 Å². The highest BCUT2D eigenvalue weighted by Crippen LogP contribution is 2.39. The van der Waals surface area contributed by atoms with Crippen molar-refractivity contribution in [2.45, 2.75) is 32.1 Å². The summed E-state index contributed by atoms with van der Waals surface area (Å²) in [5.74, 6) is 2.22. The number of methoxy groups -OCH3 is 2. The Balaban J connectivity index is 2.20. The first-order valence-corrected chi connectivity index (χ1v) is 8.79. The number of ether oxygens (including phenoxy) is 3. The molecule has 0 saturated heterocycles. The fourth-order valence-electron chi connectivity index (χ4n) is 2.84. The number of hydrogen-bond donors (Lipinski definition) is 0. The van der Waals surface area contributed by atoms with Crippen LogP contribution in [0.15, 0.2) is 12.1 Å². The van der Waals surface area contributed by atoms with E-state index in [1.807, 2.05) is 0 Å². The minimum Gasteiger partial charge on any atom is -0.493 e.